The number of benzene rings is 2. The molecule has 1 fully saturated rings. The number of amides is 1. The number of anilines is 1. The third-order valence-electron chi connectivity index (χ3n) is 5.54. The Morgan fingerprint density at radius 1 is 1.00 bits per heavy atom. The van der Waals surface area contributed by atoms with Gasteiger partial charge in [0.1, 0.15) is 0 Å². The number of pyridine rings is 1. The highest BCUT2D eigenvalue weighted by Crippen LogP contribution is 2.29. The van der Waals surface area contributed by atoms with E-state index < -0.39 is 0 Å². The van der Waals surface area contributed by atoms with Crippen LogP contribution in [0, 0.1) is 0 Å². The lowest BCUT2D eigenvalue weighted by Gasteiger charge is -2.16. The van der Waals surface area contributed by atoms with Crippen LogP contribution in [0.15, 0.2) is 78.2 Å². The summed E-state index contributed by atoms with van der Waals surface area (Å²) in [4.78, 5) is 30.9. The van der Waals surface area contributed by atoms with E-state index in [1.807, 2.05) is 41.0 Å². The van der Waals surface area contributed by atoms with E-state index in [0.29, 0.717) is 34.5 Å². The van der Waals surface area contributed by atoms with Crippen LogP contribution in [0.1, 0.15) is 23.2 Å². The molecule has 0 spiro atoms. The van der Waals surface area contributed by atoms with Crippen molar-refractivity contribution in [3.05, 3.63) is 83.6 Å². The first-order chi connectivity index (χ1) is 16.6. The molecule has 0 unspecified atom stereocenters. The molecule has 0 radical (unpaired) electrons. The lowest BCUT2D eigenvalue weighted by Crippen LogP contribution is -2.23. The first-order valence-electron chi connectivity index (χ1n) is 10.8. The highest BCUT2D eigenvalue weighted by atomic mass is 35.5. The molecule has 0 aliphatic carbocycles. The van der Waals surface area contributed by atoms with Gasteiger partial charge in [-0.15, -0.1) is 10.2 Å². The molecule has 1 amide bonds. The average molecular weight is 490 g/mol. The number of rotatable bonds is 7. The first kappa shape index (κ1) is 22.3. The second-order valence-corrected chi connectivity index (χ2v) is 9.14. The van der Waals surface area contributed by atoms with Crippen molar-refractivity contribution in [3.8, 4) is 17.1 Å². The molecule has 7 nitrogen and oxygen atoms in total. The number of ketones is 1. The van der Waals surface area contributed by atoms with Gasteiger partial charge in [0.15, 0.2) is 16.8 Å². The SMILES string of the molecule is O=C(CSc1nnc(-c2ccncc2)n1-c1ccc(Cl)cc1)c1cccc(N2CCCC2=O)c1. The summed E-state index contributed by atoms with van der Waals surface area (Å²) in [6.45, 7) is 0.688. The van der Waals surface area contributed by atoms with Crippen LogP contribution in [0.2, 0.25) is 5.02 Å². The van der Waals surface area contributed by atoms with Crippen molar-refractivity contribution in [3.63, 3.8) is 0 Å². The molecule has 170 valence electrons. The number of Topliss-reactive ketones (excluding diaryl/α,β-unsaturated/α-hetero) is 1. The zero-order chi connectivity index (χ0) is 23.5. The lowest BCUT2D eigenvalue weighted by molar-refractivity contribution is -0.117. The second-order valence-electron chi connectivity index (χ2n) is 7.77. The van der Waals surface area contributed by atoms with Gasteiger partial charge >= 0.3 is 0 Å². The van der Waals surface area contributed by atoms with Gasteiger partial charge in [-0.2, -0.15) is 0 Å². The van der Waals surface area contributed by atoms with E-state index in [1.54, 1.807) is 41.6 Å². The highest BCUT2D eigenvalue weighted by molar-refractivity contribution is 7.99. The van der Waals surface area contributed by atoms with Crippen molar-refractivity contribution < 1.29 is 9.59 Å². The van der Waals surface area contributed by atoms with E-state index in [-0.39, 0.29) is 17.4 Å². The standard InChI is InChI=1S/C25H20ClN5O2S/c26-19-6-8-20(9-7-19)31-24(17-10-12-27-13-11-17)28-29-25(31)34-16-22(32)18-3-1-4-21(15-18)30-14-2-5-23(30)33/h1,3-4,6-13,15H,2,5,14,16H2. The lowest BCUT2D eigenvalue weighted by atomic mass is 10.1. The molecule has 3 heterocycles. The highest BCUT2D eigenvalue weighted by Gasteiger charge is 2.23. The van der Waals surface area contributed by atoms with Gasteiger partial charge < -0.3 is 4.90 Å². The number of thioether (sulfide) groups is 1. The summed E-state index contributed by atoms with van der Waals surface area (Å²) in [7, 11) is 0. The Balaban J connectivity index is 1.41. The van der Waals surface area contributed by atoms with Gasteiger partial charge in [-0.05, 0) is 55.0 Å². The Morgan fingerprint density at radius 2 is 1.79 bits per heavy atom. The second kappa shape index (κ2) is 9.79. The summed E-state index contributed by atoms with van der Waals surface area (Å²) in [5, 5.41) is 9.97. The van der Waals surface area contributed by atoms with E-state index in [9.17, 15) is 9.59 Å². The van der Waals surface area contributed by atoms with Gasteiger partial charge in [0.2, 0.25) is 5.91 Å². The third-order valence-corrected chi connectivity index (χ3v) is 6.72. The largest absolute Gasteiger partial charge is 0.312 e. The minimum absolute atomic E-state index is 0.0467. The average Bonchev–Trinajstić information content (AvgIpc) is 3.50. The van der Waals surface area contributed by atoms with Gasteiger partial charge in [-0.25, -0.2) is 0 Å². The summed E-state index contributed by atoms with van der Waals surface area (Å²) in [5.74, 6) is 0.877. The predicted molar refractivity (Wildman–Crippen MR) is 133 cm³/mol. The van der Waals surface area contributed by atoms with Crippen LogP contribution in [-0.2, 0) is 4.79 Å². The number of hydrogen-bond donors (Lipinski definition) is 0. The number of carbonyl (C=O) groups is 2. The van der Waals surface area contributed by atoms with Gasteiger partial charge in [0.05, 0.1) is 5.75 Å². The maximum absolute atomic E-state index is 13.0. The van der Waals surface area contributed by atoms with E-state index in [2.05, 4.69) is 15.2 Å². The summed E-state index contributed by atoms with van der Waals surface area (Å²) in [6, 6.07) is 18.4. The van der Waals surface area contributed by atoms with Crippen LogP contribution < -0.4 is 4.90 Å². The predicted octanol–water partition coefficient (Wildman–Crippen LogP) is 5.08. The Bertz CT molecular complexity index is 1340. The fourth-order valence-corrected chi connectivity index (χ4v) is 4.83. The first-order valence-corrected chi connectivity index (χ1v) is 12.1. The van der Waals surface area contributed by atoms with E-state index in [0.717, 1.165) is 23.4 Å². The summed E-state index contributed by atoms with van der Waals surface area (Å²) >= 11 is 7.40. The van der Waals surface area contributed by atoms with Crippen LogP contribution in [0.4, 0.5) is 5.69 Å². The van der Waals surface area contributed by atoms with Crippen LogP contribution in [0.5, 0.6) is 0 Å². The Kier molecular flexibility index (Phi) is 6.42. The molecule has 1 saturated heterocycles. The molecule has 5 rings (SSSR count). The molecule has 1 aliphatic heterocycles. The summed E-state index contributed by atoms with van der Waals surface area (Å²) in [6.07, 6.45) is 4.79. The van der Waals surface area contributed by atoms with Crippen LogP contribution >= 0.6 is 23.4 Å². The Hall–Kier alpha value is -3.49. The quantitative estimate of drug-likeness (QED) is 0.266. The smallest absolute Gasteiger partial charge is 0.227 e. The maximum atomic E-state index is 13.0. The molecule has 9 heteroatoms. The maximum Gasteiger partial charge on any atom is 0.227 e. The molecule has 4 aromatic rings. The van der Waals surface area contributed by atoms with Crippen LogP contribution in [0.25, 0.3) is 17.1 Å². The number of hydrogen-bond acceptors (Lipinski definition) is 6. The fraction of sp³-hybridized carbons (Fsp3) is 0.160. The third kappa shape index (κ3) is 4.60. The molecule has 1 aliphatic rings. The van der Waals surface area contributed by atoms with Crippen molar-refractivity contribution in [2.24, 2.45) is 0 Å². The Labute approximate surface area is 205 Å². The van der Waals surface area contributed by atoms with E-state index in [4.69, 9.17) is 11.6 Å². The van der Waals surface area contributed by atoms with Gasteiger partial charge in [0, 0.05) is 52.9 Å². The number of halogens is 1. The van der Waals surface area contributed by atoms with Gasteiger partial charge in [0.25, 0.3) is 0 Å². The number of aromatic nitrogens is 4. The number of carbonyl (C=O) groups excluding carboxylic acids is 2. The minimum Gasteiger partial charge on any atom is -0.312 e. The fourth-order valence-electron chi connectivity index (χ4n) is 3.86. The van der Waals surface area contributed by atoms with E-state index >= 15 is 0 Å². The minimum atomic E-state index is -0.0467. The van der Waals surface area contributed by atoms with Crippen molar-refractivity contribution in [1.82, 2.24) is 19.7 Å². The van der Waals surface area contributed by atoms with Crippen molar-refractivity contribution in [2.45, 2.75) is 18.0 Å². The van der Waals surface area contributed by atoms with Crippen molar-refractivity contribution in [1.29, 1.82) is 0 Å². The van der Waals surface area contributed by atoms with Crippen LogP contribution in [-0.4, -0.2) is 43.7 Å². The zero-order valence-corrected chi connectivity index (χ0v) is 19.7. The molecular formula is C25H20ClN5O2S. The summed E-state index contributed by atoms with van der Waals surface area (Å²) < 4.78 is 1.91. The zero-order valence-electron chi connectivity index (χ0n) is 18.1. The van der Waals surface area contributed by atoms with Gasteiger partial charge in [-0.3, -0.25) is 19.1 Å². The monoisotopic (exact) mass is 489 g/mol. The molecule has 0 N–H and O–H groups in total. The molecular weight excluding hydrogens is 470 g/mol. The molecule has 0 saturated carbocycles. The van der Waals surface area contributed by atoms with Crippen molar-refractivity contribution >= 4 is 40.7 Å². The topological polar surface area (TPSA) is 81.0 Å². The van der Waals surface area contributed by atoms with Crippen LogP contribution in [0.3, 0.4) is 0 Å². The summed E-state index contributed by atoms with van der Waals surface area (Å²) in [5.41, 5.74) is 3.03. The van der Waals surface area contributed by atoms with Crippen molar-refractivity contribution in [2.75, 3.05) is 17.2 Å². The molecule has 2 aromatic carbocycles. The normalized spacial score (nSPS) is 13.4. The number of nitrogens with zero attached hydrogens (tertiary/aromatic N) is 5. The molecule has 0 bridgehead atoms. The molecule has 2 aromatic heterocycles. The van der Waals surface area contributed by atoms with Gasteiger partial charge in [-0.1, -0.05) is 35.5 Å². The Morgan fingerprint density at radius 3 is 2.53 bits per heavy atom. The molecule has 0 atom stereocenters. The van der Waals surface area contributed by atoms with E-state index in [1.165, 1.54) is 11.8 Å². The molecule has 34 heavy (non-hydrogen) atoms.